The molecule has 0 atom stereocenters. The largest absolute Gasteiger partial charge is 0.497 e. The number of rotatable bonds is 6. The Kier molecular flexibility index (Phi) is 6.06. The Morgan fingerprint density at radius 1 is 1.00 bits per heavy atom. The number of carbonyl (C=O) groups is 2. The first-order valence-electron chi connectivity index (χ1n) is 8.78. The quantitative estimate of drug-likeness (QED) is 0.636. The van der Waals surface area contributed by atoms with Crippen molar-refractivity contribution in [2.45, 2.75) is 13.8 Å². The Hall–Kier alpha value is -3.19. The van der Waals surface area contributed by atoms with Crippen molar-refractivity contribution in [3.63, 3.8) is 0 Å². The minimum absolute atomic E-state index is 0.0638. The Morgan fingerprint density at radius 2 is 1.68 bits per heavy atom. The molecule has 0 aliphatic rings. The number of nitrogens with one attached hydrogen (secondary N) is 2. The molecule has 2 N–H and O–H groups in total. The van der Waals surface area contributed by atoms with Crippen LogP contribution in [0.4, 0.5) is 10.8 Å². The second-order valence-corrected chi connectivity index (χ2v) is 7.30. The third kappa shape index (κ3) is 4.75. The van der Waals surface area contributed by atoms with Gasteiger partial charge < -0.3 is 10.1 Å². The molecule has 0 aliphatic heterocycles. The molecule has 1 aromatic heterocycles. The normalized spacial score (nSPS) is 10.6. The third-order valence-electron chi connectivity index (χ3n) is 4.05. The van der Waals surface area contributed by atoms with Gasteiger partial charge >= 0.3 is 0 Å². The fourth-order valence-corrected chi connectivity index (χ4v) is 3.10. The summed E-state index contributed by atoms with van der Waals surface area (Å²) in [6.07, 6.45) is 0. The molecule has 144 valence electrons. The number of benzene rings is 2. The molecule has 6 nitrogen and oxygen atoms in total. The zero-order chi connectivity index (χ0) is 20.1. The van der Waals surface area contributed by atoms with E-state index >= 15 is 0 Å². The molecule has 1 heterocycles. The summed E-state index contributed by atoms with van der Waals surface area (Å²) in [5, 5.41) is 8.01. The van der Waals surface area contributed by atoms with E-state index in [1.54, 1.807) is 31.4 Å². The van der Waals surface area contributed by atoms with Gasteiger partial charge in [-0.2, -0.15) is 0 Å². The van der Waals surface area contributed by atoms with Gasteiger partial charge in [0.2, 0.25) is 5.91 Å². The molecule has 0 fully saturated rings. The molecule has 3 aromatic rings. The van der Waals surface area contributed by atoms with Crippen molar-refractivity contribution in [3.8, 4) is 17.0 Å². The number of thiazole rings is 1. The van der Waals surface area contributed by atoms with Crippen molar-refractivity contribution >= 4 is 34.0 Å². The van der Waals surface area contributed by atoms with Crippen molar-refractivity contribution in [1.82, 2.24) is 4.98 Å². The fraction of sp³-hybridized carbons (Fsp3) is 0.190. The summed E-state index contributed by atoms with van der Waals surface area (Å²) in [5.74, 6) is 0.358. The maximum atomic E-state index is 12.4. The average molecular weight is 395 g/mol. The van der Waals surface area contributed by atoms with Gasteiger partial charge in [-0.05, 0) is 48.5 Å². The monoisotopic (exact) mass is 395 g/mol. The Morgan fingerprint density at radius 3 is 2.29 bits per heavy atom. The van der Waals surface area contributed by atoms with Crippen LogP contribution in [0.3, 0.4) is 0 Å². The van der Waals surface area contributed by atoms with Gasteiger partial charge in [0.1, 0.15) is 5.75 Å². The first-order chi connectivity index (χ1) is 13.5. The molecule has 28 heavy (non-hydrogen) atoms. The van der Waals surface area contributed by atoms with Gasteiger partial charge in [-0.25, -0.2) is 4.98 Å². The van der Waals surface area contributed by atoms with E-state index in [9.17, 15) is 9.59 Å². The van der Waals surface area contributed by atoms with Crippen LogP contribution in [-0.2, 0) is 4.79 Å². The molecule has 0 bridgehead atoms. The lowest BCUT2D eigenvalue weighted by molar-refractivity contribution is -0.118. The zero-order valence-corrected chi connectivity index (χ0v) is 16.7. The van der Waals surface area contributed by atoms with Gasteiger partial charge in [-0.1, -0.05) is 13.8 Å². The highest BCUT2D eigenvalue weighted by atomic mass is 32.1. The standard InChI is InChI=1S/C21H21N3O3S/c1-13(2)19(25)22-16-8-4-15(5-9-16)20(26)24-21-23-18(12-28-21)14-6-10-17(27-3)11-7-14/h4-13H,1-3H3,(H,22,25)(H,23,24,26). The highest BCUT2D eigenvalue weighted by molar-refractivity contribution is 7.14. The molecular formula is C21H21N3O3S. The van der Waals surface area contributed by atoms with Gasteiger partial charge in [0.25, 0.3) is 5.91 Å². The summed E-state index contributed by atoms with van der Waals surface area (Å²) in [7, 11) is 1.62. The molecule has 3 rings (SSSR count). The van der Waals surface area contributed by atoms with Crippen LogP contribution in [0.25, 0.3) is 11.3 Å². The number of anilines is 2. The Labute approximate surface area is 167 Å². The summed E-state index contributed by atoms with van der Waals surface area (Å²) >= 11 is 1.36. The number of hydrogen-bond acceptors (Lipinski definition) is 5. The van der Waals surface area contributed by atoms with E-state index in [0.29, 0.717) is 16.4 Å². The molecule has 7 heteroatoms. The topological polar surface area (TPSA) is 80.3 Å². The first kappa shape index (κ1) is 19.6. The highest BCUT2D eigenvalue weighted by Gasteiger charge is 2.11. The average Bonchev–Trinajstić information content (AvgIpc) is 3.17. The van der Waals surface area contributed by atoms with Gasteiger partial charge in [0, 0.05) is 28.1 Å². The number of methoxy groups -OCH3 is 1. The fourth-order valence-electron chi connectivity index (χ4n) is 2.39. The Bertz CT molecular complexity index is 963. The van der Waals surface area contributed by atoms with Crippen molar-refractivity contribution in [2.24, 2.45) is 5.92 Å². The van der Waals surface area contributed by atoms with Gasteiger partial charge in [-0.3, -0.25) is 14.9 Å². The van der Waals surface area contributed by atoms with Crippen LogP contribution < -0.4 is 15.4 Å². The molecule has 0 unspecified atom stereocenters. The number of hydrogen-bond donors (Lipinski definition) is 2. The first-order valence-corrected chi connectivity index (χ1v) is 9.66. The molecule has 0 saturated carbocycles. The Balaban J connectivity index is 1.64. The van der Waals surface area contributed by atoms with Crippen LogP contribution in [0.5, 0.6) is 5.75 Å². The van der Waals surface area contributed by atoms with E-state index in [1.165, 1.54) is 11.3 Å². The van der Waals surface area contributed by atoms with Crippen molar-refractivity contribution in [2.75, 3.05) is 17.7 Å². The van der Waals surface area contributed by atoms with Crippen molar-refractivity contribution in [1.29, 1.82) is 0 Å². The van der Waals surface area contributed by atoms with E-state index in [2.05, 4.69) is 15.6 Å². The SMILES string of the molecule is COc1ccc(-c2csc(NC(=O)c3ccc(NC(=O)C(C)C)cc3)n2)cc1. The molecule has 2 aromatic carbocycles. The predicted octanol–water partition coefficient (Wildman–Crippen LogP) is 4.67. The lowest BCUT2D eigenvalue weighted by Gasteiger charge is -2.08. The lowest BCUT2D eigenvalue weighted by atomic mass is 10.1. The molecule has 0 radical (unpaired) electrons. The van der Waals surface area contributed by atoms with Crippen LogP contribution in [0.1, 0.15) is 24.2 Å². The maximum absolute atomic E-state index is 12.4. The van der Waals surface area contributed by atoms with E-state index < -0.39 is 0 Å². The second-order valence-electron chi connectivity index (χ2n) is 6.44. The summed E-state index contributed by atoms with van der Waals surface area (Å²) in [5.41, 5.74) is 2.88. The second kappa shape index (κ2) is 8.67. The van der Waals surface area contributed by atoms with Crippen molar-refractivity contribution in [3.05, 3.63) is 59.5 Å². The molecule has 0 aliphatic carbocycles. The number of carbonyl (C=O) groups excluding carboxylic acids is 2. The minimum atomic E-state index is -0.252. The van der Waals surface area contributed by atoms with Gasteiger partial charge in [0.15, 0.2) is 5.13 Å². The van der Waals surface area contributed by atoms with Crippen LogP contribution in [0.2, 0.25) is 0 Å². The number of aromatic nitrogens is 1. The highest BCUT2D eigenvalue weighted by Crippen LogP contribution is 2.26. The van der Waals surface area contributed by atoms with Crippen LogP contribution >= 0.6 is 11.3 Å². The van der Waals surface area contributed by atoms with E-state index in [1.807, 2.05) is 43.5 Å². The van der Waals surface area contributed by atoms with Crippen LogP contribution in [0.15, 0.2) is 53.9 Å². The lowest BCUT2D eigenvalue weighted by Crippen LogP contribution is -2.18. The molecule has 0 saturated heterocycles. The summed E-state index contributed by atoms with van der Waals surface area (Å²) in [6, 6.07) is 14.3. The zero-order valence-electron chi connectivity index (χ0n) is 15.9. The van der Waals surface area contributed by atoms with Crippen LogP contribution in [0, 0.1) is 5.92 Å². The predicted molar refractivity (Wildman–Crippen MR) is 112 cm³/mol. The number of nitrogens with zero attached hydrogens (tertiary/aromatic N) is 1. The van der Waals surface area contributed by atoms with Gasteiger partial charge in [-0.15, -0.1) is 11.3 Å². The minimum Gasteiger partial charge on any atom is -0.497 e. The van der Waals surface area contributed by atoms with Gasteiger partial charge in [0.05, 0.1) is 12.8 Å². The van der Waals surface area contributed by atoms with E-state index in [0.717, 1.165) is 17.0 Å². The number of ether oxygens (including phenoxy) is 1. The molecular weight excluding hydrogens is 374 g/mol. The number of amides is 2. The van der Waals surface area contributed by atoms with Crippen molar-refractivity contribution < 1.29 is 14.3 Å². The molecule has 0 spiro atoms. The molecule has 2 amide bonds. The maximum Gasteiger partial charge on any atom is 0.257 e. The summed E-state index contributed by atoms with van der Waals surface area (Å²) in [6.45, 7) is 3.65. The summed E-state index contributed by atoms with van der Waals surface area (Å²) in [4.78, 5) is 28.6. The summed E-state index contributed by atoms with van der Waals surface area (Å²) < 4.78 is 5.16. The van der Waals surface area contributed by atoms with E-state index in [4.69, 9.17) is 4.74 Å². The van der Waals surface area contributed by atoms with Crippen LogP contribution in [-0.4, -0.2) is 23.9 Å². The third-order valence-corrected chi connectivity index (χ3v) is 4.81. The van der Waals surface area contributed by atoms with E-state index in [-0.39, 0.29) is 17.7 Å². The smallest absolute Gasteiger partial charge is 0.257 e.